The fourth-order valence-corrected chi connectivity index (χ4v) is 2.91. The highest BCUT2D eigenvalue weighted by Crippen LogP contribution is 2.32. The lowest BCUT2D eigenvalue weighted by atomic mass is 10.1. The molecule has 1 aromatic carbocycles. The Morgan fingerprint density at radius 1 is 1.30 bits per heavy atom. The number of benzene rings is 1. The summed E-state index contributed by atoms with van der Waals surface area (Å²) in [7, 11) is 0. The predicted octanol–water partition coefficient (Wildman–Crippen LogP) is 3.15. The molecule has 0 amide bonds. The van der Waals surface area contributed by atoms with Crippen LogP contribution in [0.15, 0.2) is 36.5 Å². The number of rotatable bonds is 5. The average Bonchev–Trinajstić information content (AvgIpc) is 3.12. The van der Waals surface area contributed by atoms with E-state index in [2.05, 4.69) is 45.4 Å². The Hall–Kier alpha value is -1.81. The van der Waals surface area contributed by atoms with Gasteiger partial charge in [0, 0.05) is 12.7 Å². The molecule has 106 valence electrons. The number of aromatic nitrogens is 2. The Bertz CT molecular complexity index is 521. The Labute approximate surface area is 119 Å². The van der Waals surface area contributed by atoms with Crippen LogP contribution in [0.3, 0.4) is 0 Å². The number of hydrogen-bond donors (Lipinski definition) is 1. The van der Waals surface area contributed by atoms with Gasteiger partial charge in [0.25, 0.3) is 0 Å². The molecule has 0 radical (unpaired) electrons. The van der Waals surface area contributed by atoms with Gasteiger partial charge in [-0.3, -0.25) is 10.00 Å². The second-order valence-corrected chi connectivity index (χ2v) is 5.22. The first-order valence-electron chi connectivity index (χ1n) is 7.32. The maximum absolute atomic E-state index is 5.48. The molecule has 1 atom stereocenters. The van der Waals surface area contributed by atoms with E-state index in [1.807, 2.05) is 13.1 Å². The van der Waals surface area contributed by atoms with E-state index in [0.717, 1.165) is 18.8 Å². The van der Waals surface area contributed by atoms with Crippen LogP contribution in [0.2, 0.25) is 0 Å². The molecule has 1 aromatic heterocycles. The van der Waals surface area contributed by atoms with Crippen LogP contribution in [-0.2, 0) is 6.54 Å². The summed E-state index contributed by atoms with van der Waals surface area (Å²) in [6.45, 7) is 4.85. The molecular formula is C16H21N3O. The van der Waals surface area contributed by atoms with Gasteiger partial charge in [0.05, 0.1) is 18.3 Å². The summed E-state index contributed by atoms with van der Waals surface area (Å²) in [6.07, 6.45) is 4.29. The molecule has 20 heavy (non-hydrogen) atoms. The van der Waals surface area contributed by atoms with E-state index >= 15 is 0 Å². The standard InChI is InChI=1S/C16H21N3O/c1-2-20-14-7-5-13(6-8-14)12-19-11-3-4-16(19)15-9-10-17-18-15/h5-10,16H,2-4,11-12H2,1H3,(H,17,18). The van der Waals surface area contributed by atoms with Gasteiger partial charge in [-0.1, -0.05) is 12.1 Å². The van der Waals surface area contributed by atoms with Crippen LogP contribution < -0.4 is 4.74 Å². The number of nitrogens with zero attached hydrogens (tertiary/aromatic N) is 2. The summed E-state index contributed by atoms with van der Waals surface area (Å²) in [6, 6.07) is 11.0. The van der Waals surface area contributed by atoms with E-state index in [4.69, 9.17) is 4.74 Å². The van der Waals surface area contributed by atoms with Crippen LogP contribution in [0.5, 0.6) is 5.75 Å². The van der Waals surface area contributed by atoms with E-state index in [1.54, 1.807) is 0 Å². The van der Waals surface area contributed by atoms with Crippen molar-refractivity contribution < 1.29 is 4.74 Å². The topological polar surface area (TPSA) is 41.1 Å². The van der Waals surface area contributed by atoms with Crippen molar-refractivity contribution in [2.75, 3.05) is 13.2 Å². The summed E-state index contributed by atoms with van der Waals surface area (Å²) >= 11 is 0. The summed E-state index contributed by atoms with van der Waals surface area (Å²) in [4.78, 5) is 2.52. The lowest BCUT2D eigenvalue weighted by Crippen LogP contribution is -2.23. The fourth-order valence-electron chi connectivity index (χ4n) is 2.91. The normalized spacial score (nSPS) is 19.4. The third kappa shape index (κ3) is 2.85. The zero-order chi connectivity index (χ0) is 13.8. The van der Waals surface area contributed by atoms with Gasteiger partial charge in [-0.15, -0.1) is 0 Å². The number of nitrogens with one attached hydrogen (secondary N) is 1. The Balaban J connectivity index is 1.67. The molecule has 1 aliphatic heterocycles. The van der Waals surface area contributed by atoms with Gasteiger partial charge in [0.1, 0.15) is 5.75 Å². The van der Waals surface area contributed by atoms with Gasteiger partial charge in [-0.25, -0.2) is 0 Å². The third-order valence-corrected chi connectivity index (χ3v) is 3.86. The maximum Gasteiger partial charge on any atom is 0.119 e. The highest BCUT2D eigenvalue weighted by atomic mass is 16.5. The van der Waals surface area contributed by atoms with Gasteiger partial charge >= 0.3 is 0 Å². The van der Waals surface area contributed by atoms with Crippen LogP contribution in [-0.4, -0.2) is 28.2 Å². The molecule has 4 nitrogen and oxygen atoms in total. The van der Waals surface area contributed by atoms with Gasteiger partial charge in [0.2, 0.25) is 0 Å². The number of ether oxygens (including phenoxy) is 1. The van der Waals surface area contributed by atoms with E-state index < -0.39 is 0 Å². The largest absolute Gasteiger partial charge is 0.494 e. The molecule has 2 heterocycles. The van der Waals surface area contributed by atoms with Gasteiger partial charge < -0.3 is 4.74 Å². The number of H-pyrrole nitrogens is 1. The van der Waals surface area contributed by atoms with E-state index in [-0.39, 0.29) is 0 Å². The molecular weight excluding hydrogens is 250 g/mol. The van der Waals surface area contributed by atoms with Crippen molar-refractivity contribution in [1.29, 1.82) is 0 Å². The number of likely N-dealkylation sites (tertiary alicyclic amines) is 1. The summed E-state index contributed by atoms with van der Waals surface area (Å²) in [5.41, 5.74) is 2.56. The zero-order valence-electron chi connectivity index (χ0n) is 11.9. The third-order valence-electron chi connectivity index (χ3n) is 3.86. The minimum Gasteiger partial charge on any atom is -0.494 e. The van der Waals surface area contributed by atoms with Crippen molar-refractivity contribution in [3.8, 4) is 5.75 Å². The monoisotopic (exact) mass is 271 g/mol. The molecule has 1 unspecified atom stereocenters. The summed E-state index contributed by atoms with van der Waals surface area (Å²) in [5.74, 6) is 0.947. The molecule has 2 aromatic rings. The second kappa shape index (κ2) is 6.09. The fraction of sp³-hybridized carbons (Fsp3) is 0.438. The Morgan fingerprint density at radius 3 is 2.85 bits per heavy atom. The Kier molecular flexibility index (Phi) is 4.02. The first kappa shape index (κ1) is 13.2. The molecule has 0 saturated carbocycles. The van der Waals surface area contributed by atoms with Crippen molar-refractivity contribution in [3.63, 3.8) is 0 Å². The quantitative estimate of drug-likeness (QED) is 0.908. The number of aromatic amines is 1. The van der Waals surface area contributed by atoms with Crippen molar-refractivity contribution in [3.05, 3.63) is 47.8 Å². The van der Waals surface area contributed by atoms with Crippen LogP contribution in [0.4, 0.5) is 0 Å². The van der Waals surface area contributed by atoms with Crippen molar-refractivity contribution >= 4 is 0 Å². The van der Waals surface area contributed by atoms with Crippen molar-refractivity contribution in [2.24, 2.45) is 0 Å². The lowest BCUT2D eigenvalue weighted by molar-refractivity contribution is 0.244. The minimum absolute atomic E-state index is 0.476. The van der Waals surface area contributed by atoms with Crippen LogP contribution in [0.1, 0.15) is 37.1 Å². The smallest absolute Gasteiger partial charge is 0.119 e. The first-order chi connectivity index (χ1) is 9.86. The van der Waals surface area contributed by atoms with Crippen LogP contribution in [0, 0.1) is 0 Å². The van der Waals surface area contributed by atoms with Crippen LogP contribution >= 0.6 is 0 Å². The summed E-state index contributed by atoms with van der Waals surface area (Å²) < 4.78 is 5.48. The van der Waals surface area contributed by atoms with E-state index in [0.29, 0.717) is 12.6 Å². The van der Waals surface area contributed by atoms with Crippen LogP contribution in [0.25, 0.3) is 0 Å². The lowest BCUT2D eigenvalue weighted by Gasteiger charge is -2.23. The predicted molar refractivity (Wildman–Crippen MR) is 78.6 cm³/mol. The molecule has 0 aliphatic carbocycles. The SMILES string of the molecule is CCOc1ccc(CN2CCCC2c2ccn[nH]2)cc1. The van der Waals surface area contributed by atoms with E-state index in [9.17, 15) is 0 Å². The van der Waals surface area contributed by atoms with Gasteiger partial charge in [0.15, 0.2) is 0 Å². The molecule has 1 saturated heterocycles. The highest BCUT2D eigenvalue weighted by Gasteiger charge is 2.26. The molecule has 0 bridgehead atoms. The van der Waals surface area contributed by atoms with Crippen molar-refractivity contribution in [1.82, 2.24) is 15.1 Å². The van der Waals surface area contributed by atoms with E-state index in [1.165, 1.54) is 24.1 Å². The molecule has 4 heteroatoms. The summed E-state index contributed by atoms with van der Waals surface area (Å²) in [5, 5.41) is 7.18. The number of hydrogen-bond acceptors (Lipinski definition) is 3. The second-order valence-electron chi connectivity index (χ2n) is 5.22. The van der Waals surface area contributed by atoms with Gasteiger partial charge in [-0.05, 0) is 50.1 Å². The Morgan fingerprint density at radius 2 is 2.15 bits per heavy atom. The molecule has 1 aliphatic rings. The molecule has 3 rings (SSSR count). The first-order valence-corrected chi connectivity index (χ1v) is 7.32. The van der Waals surface area contributed by atoms with Crippen molar-refractivity contribution in [2.45, 2.75) is 32.4 Å². The molecule has 1 N–H and O–H groups in total. The zero-order valence-corrected chi connectivity index (χ0v) is 11.9. The molecule has 1 fully saturated rings. The highest BCUT2D eigenvalue weighted by molar-refractivity contribution is 5.27. The average molecular weight is 271 g/mol. The maximum atomic E-state index is 5.48. The minimum atomic E-state index is 0.476. The molecule has 0 spiro atoms. The van der Waals surface area contributed by atoms with Gasteiger partial charge in [-0.2, -0.15) is 5.10 Å².